The van der Waals surface area contributed by atoms with Gasteiger partial charge in [-0.05, 0) is 23.8 Å². The molecule has 2 aromatic rings. The van der Waals surface area contributed by atoms with E-state index in [0.717, 1.165) is 6.07 Å². The lowest BCUT2D eigenvalue weighted by atomic mass is 10.1. The number of nitro groups is 1. The summed E-state index contributed by atoms with van der Waals surface area (Å²) in [6.45, 7) is -0.663. The van der Waals surface area contributed by atoms with E-state index in [9.17, 15) is 28.9 Å². The molecular formula is C17H14FN3O6. The molecule has 0 fully saturated rings. The first-order valence-corrected chi connectivity index (χ1v) is 7.59. The number of non-ortho nitro benzene ring substituents is 1. The highest BCUT2D eigenvalue weighted by molar-refractivity contribution is 5.96. The molecule has 0 aliphatic rings. The molecule has 0 aliphatic heterocycles. The predicted molar refractivity (Wildman–Crippen MR) is 89.8 cm³/mol. The van der Waals surface area contributed by atoms with Gasteiger partial charge in [0.15, 0.2) is 6.61 Å². The van der Waals surface area contributed by atoms with Gasteiger partial charge in [0.2, 0.25) is 0 Å². The van der Waals surface area contributed by atoms with Gasteiger partial charge in [-0.25, -0.2) is 4.39 Å². The van der Waals surface area contributed by atoms with Crippen LogP contribution < -0.4 is 10.9 Å². The van der Waals surface area contributed by atoms with Gasteiger partial charge in [-0.1, -0.05) is 18.2 Å². The fourth-order valence-corrected chi connectivity index (χ4v) is 2.01. The molecular weight excluding hydrogens is 361 g/mol. The normalized spacial score (nSPS) is 9.96. The Labute approximate surface area is 152 Å². The highest BCUT2D eigenvalue weighted by atomic mass is 19.1. The first-order valence-electron chi connectivity index (χ1n) is 7.59. The molecule has 0 aliphatic carbocycles. The molecule has 27 heavy (non-hydrogen) atoms. The fraction of sp³-hybridized carbons (Fsp3) is 0.118. The first kappa shape index (κ1) is 19.5. The number of nitrogens with zero attached hydrogens (tertiary/aromatic N) is 1. The first-order chi connectivity index (χ1) is 12.8. The minimum absolute atomic E-state index is 0.0346. The van der Waals surface area contributed by atoms with Gasteiger partial charge in [-0.3, -0.25) is 35.3 Å². The summed E-state index contributed by atoms with van der Waals surface area (Å²) in [5.74, 6) is -2.85. The second-order valence-corrected chi connectivity index (χ2v) is 5.28. The van der Waals surface area contributed by atoms with E-state index in [4.69, 9.17) is 4.74 Å². The van der Waals surface area contributed by atoms with Crippen molar-refractivity contribution in [3.8, 4) is 0 Å². The zero-order chi connectivity index (χ0) is 19.8. The van der Waals surface area contributed by atoms with Crippen molar-refractivity contribution < 1.29 is 28.4 Å². The smallest absolute Gasteiger partial charge is 0.310 e. The van der Waals surface area contributed by atoms with Crippen LogP contribution in [-0.4, -0.2) is 29.3 Å². The van der Waals surface area contributed by atoms with Crippen LogP contribution in [0.5, 0.6) is 0 Å². The van der Waals surface area contributed by atoms with Crippen molar-refractivity contribution in [1.82, 2.24) is 10.9 Å². The van der Waals surface area contributed by atoms with Gasteiger partial charge in [0.05, 0.1) is 11.3 Å². The van der Waals surface area contributed by atoms with E-state index in [-0.39, 0.29) is 17.7 Å². The standard InChI is InChI=1S/C17H14FN3O6/c18-13-5-1-3-11(7-13)8-16(23)27-10-15(22)19-20-17(24)12-4-2-6-14(9-12)21(25)26/h1-7,9H,8,10H2,(H,19,22)(H,20,24). The van der Waals surface area contributed by atoms with Gasteiger partial charge in [0.25, 0.3) is 17.5 Å². The van der Waals surface area contributed by atoms with Crippen molar-refractivity contribution in [2.45, 2.75) is 6.42 Å². The number of carbonyl (C=O) groups excluding carboxylic acids is 3. The van der Waals surface area contributed by atoms with E-state index in [1.54, 1.807) is 0 Å². The number of benzene rings is 2. The molecule has 2 aromatic carbocycles. The van der Waals surface area contributed by atoms with Crippen molar-refractivity contribution in [2.75, 3.05) is 6.61 Å². The molecule has 0 aromatic heterocycles. The van der Waals surface area contributed by atoms with Crippen LogP contribution in [0, 0.1) is 15.9 Å². The van der Waals surface area contributed by atoms with E-state index < -0.39 is 35.1 Å². The molecule has 0 spiro atoms. The van der Waals surface area contributed by atoms with Crippen molar-refractivity contribution in [3.05, 3.63) is 75.6 Å². The number of esters is 1. The lowest BCUT2D eigenvalue weighted by molar-refractivity contribution is -0.384. The van der Waals surface area contributed by atoms with Crippen LogP contribution in [0.1, 0.15) is 15.9 Å². The van der Waals surface area contributed by atoms with Gasteiger partial charge in [-0.15, -0.1) is 0 Å². The Balaban J connectivity index is 1.77. The van der Waals surface area contributed by atoms with Crippen LogP contribution in [0.2, 0.25) is 0 Å². The van der Waals surface area contributed by atoms with Crippen LogP contribution in [0.15, 0.2) is 48.5 Å². The minimum atomic E-state index is -0.818. The highest BCUT2D eigenvalue weighted by Gasteiger charge is 2.13. The van der Waals surface area contributed by atoms with Gasteiger partial charge in [0, 0.05) is 17.7 Å². The van der Waals surface area contributed by atoms with E-state index in [1.807, 2.05) is 10.9 Å². The van der Waals surface area contributed by atoms with E-state index in [0.29, 0.717) is 5.56 Å². The predicted octanol–water partition coefficient (Wildman–Crippen LogP) is 1.28. The van der Waals surface area contributed by atoms with Crippen LogP contribution in [0.25, 0.3) is 0 Å². The number of rotatable bonds is 6. The maximum atomic E-state index is 13.0. The number of halogens is 1. The Morgan fingerprint density at radius 1 is 1.07 bits per heavy atom. The number of ether oxygens (including phenoxy) is 1. The van der Waals surface area contributed by atoms with Crippen molar-refractivity contribution >= 4 is 23.5 Å². The summed E-state index contributed by atoms with van der Waals surface area (Å²) in [4.78, 5) is 45.1. The molecule has 2 amide bonds. The molecule has 10 heteroatoms. The van der Waals surface area contributed by atoms with Crippen molar-refractivity contribution in [2.24, 2.45) is 0 Å². The molecule has 2 N–H and O–H groups in total. The molecule has 0 bridgehead atoms. The van der Waals surface area contributed by atoms with Crippen LogP contribution >= 0.6 is 0 Å². The van der Waals surface area contributed by atoms with E-state index in [1.165, 1.54) is 42.5 Å². The van der Waals surface area contributed by atoms with Gasteiger partial charge in [0.1, 0.15) is 5.82 Å². The Morgan fingerprint density at radius 3 is 2.52 bits per heavy atom. The number of amides is 2. The molecule has 2 rings (SSSR count). The van der Waals surface area contributed by atoms with Crippen LogP contribution in [0.3, 0.4) is 0 Å². The number of nitro benzene ring substituents is 1. The van der Waals surface area contributed by atoms with Crippen molar-refractivity contribution in [1.29, 1.82) is 0 Å². The Kier molecular flexibility index (Phi) is 6.53. The zero-order valence-electron chi connectivity index (χ0n) is 13.8. The topological polar surface area (TPSA) is 128 Å². The summed E-state index contributed by atoms with van der Waals surface area (Å²) in [6, 6.07) is 10.3. The lowest BCUT2D eigenvalue weighted by Gasteiger charge is -2.08. The van der Waals surface area contributed by atoms with Gasteiger partial charge < -0.3 is 4.74 Å². The Hall–Kier alpha value is -3.82. The Morgan fingerprint density at radius 2 is 1.81 bits per heavy atom. The monoisotopic (exact) mass is 375 g/mol. The van der Waals surface area contributed by atoms with Crippen molar-refractivity contribution in [3.63, 3.8) is 0 Å². The van der Waals surface area contributed by atoms with E-state index >= 15 is 0 Å². The number of hydrazine groups is 1. The molecule has 0 saturated carbocycles. The largest absolute Gasteiger partial charge is 0.455 e. The second kappa shape index (κ2) is 9.04. The molecule has 9 nitrogen and oxygen atoms in total. The summed E-state index contributed by atoms with van der Waals surface area (Å²) in [7, 11) is 0. The molecule has 0 radical (unpaired) electrons. The maximum Gasteiger partial charge on any atom is 0.310 e. The van der Waals surface area contributed by atoms with Crippen LogP contribution in [-0.2, 0) is 20.7 Å². The number of hydrogen-bond acceptors (Lipinski definition) is 6. The number of hydrogen-bond donors (Lipinski definition) is 2. The van der Waals surface area contributed by atoms with Crippen LogP contribution in [0.4, 0.5) is 10.1 Å². The zero-order valence-corrected chi connectivity index (χ0v) is 13.8. The third-order valence-corrected chi connectivity index (χ3v) is 3.24. The fourth-order valence-electron chi connectivity index (χ4n) is 2.01. The number of nitrogens with one attached hydrogen (secondary N) is 2. The quantitative estimate of drug-likeness (QED) is 0.445. The SMILES string of the molecule is O=C(COC(=O)Cc1cccc(F)c1)NNC(=O)c1cccc([N+](=O)[O-])c1. The Bertz CT molecular complexity index is 886. The summed E-state index contributed by atoms with van der Waals surface area (Å²) < 4.78 is 17.7. The number of carbonyl (C=O) groups is 3. The van der Waals surface area contributed by atoms with Gasteiger partial charge >= 0.3 is 5.97 Å². The second-order valence-electron chi connectivity index (χ2n) is 5.28. The third kappa shape index (κ3) is 6.20. The van der Waals surface area contributed by atoms with Gasteiger partial charge in [-0.2, -0.15) is 0 Å². The molecule has 0 saturated heterocycles. The molecule has 0 atom stereocenters. The minimum Gasteiger partial charge on any atom is -0.455 e. The summed E-state index contributed by atoms with van der Waals surface area (Å²) in [6.07, 6.45) is -0.217. The average Bonchev–Trinajstić information content (AvgIpc) is 2.64. The average molecular weight is 375 g/mol. The molecule has 0 unspecified atom stereocenters. The third-order valence-electron chi connectivity index (χ3n) is 3.24. The lowest BCUT2D eigenvalue weighted by Crippen LogP contribution is -2.43. The summed E-state index contributed by atoms with van der Waals surface area (Å²) in [5, 5.41) is 10.7. The van der Waals surface area contributed by atoms with E-state index in [2.05, 4.69) is 0 Å². The molecule has 140 valence electrons. The summed E-state index contributed by atoms with van der Waals surface area (Å²) in [5.41, 5.74) is 4.13. The summed E-state index contributed by atoms with van der Waals surface area (Å²) >= 11 is 0. The molecule has 0 heterocycles. The maximum absolute atomic E-state index is 13.0. The highest BCUT2D eigenvalue weighted by Crippen LogP contribution is 2.12.